The van der Waals surface area contributed by atoms with Gasteiger partial charge in [-0.25, -0.2) is 9.78 Å². The van der Waals surface area contributed by atoms with Crippen LogP contribution in [0, 0.1) is 5.41 Å². The first-order chi connectivity index (χ1) is 8.38. The molecule has 18 heavy (non-hydrogen) atoms. The fourth-order valence-corrected chi connectivity index (χ4v) is 1.44. The second-order valence-corrected chi connectivity index (χ2v) is 4.52. The van der Waals surface area contributed by atoms with Gasteiger partial charge in [0.1, 0.15) is 11.4 Å². The molecule has 6 nitrogen and oxygen atoms in total. The molecule has 1 amide bonds. The fourth-order valence-electron chi connectivity index (χ4n) is 1.44. The monoisotopic (exact) mass is 251 g/mol. The number of carboxylic acids is 1. The maximum atomic E-state index is 11.6. The molecule has 1 aromatic heterocycles. The van der Waals surface area contributed by atoms with Gasteiger partial charge in [0.05, 0.1) is 5.41 Å². The average Bonchev–Trinajstić information content (AvgIpc) is 2.35. The third-order valence-corrected chi connectivity index (χ3v) is 2.58. The molecular formula is C12H17N3O3. The molecule has 0 bridgehead atoms. The van der Waals surface area contributed by atoms with Crippen LogP contribution in [-0.4, -0.2) is 35.6 Å². The third-order valence-electron chi connectivity index (χ3n) is 2.58. The predicted molar refractivity (Wildman–Crippen MR) is 67.5 cm³/mol. The fraction of sp³-hybridized carbons (Fsp3) is 0.417. The molecule has 0 radical (unpaired) electrons. The van der Waals surface area contributed by atoms with Crippen LogP contribution in [0.4, 0.5) is 5.82 Å². The minimum atomic E-state index is -1.05. The van der Waals surface area contributed by atoms with E-state index in [1.807, 2.05) is 0 Å². The molecule has 3 N–H and O–H groups in total. The van der Waals surface area contributed by atoms with Gasteiger partial charge in [-0.3, -0.25) is 4.79 Å². The van der Waals surface area contributed by atoms with Crippen molar-refractivity contribution in [1.82, 2.24) is 10.3 Å². The topological polar surface area (TPSA) is 91.3 Å². The molecule has 1 heterocycles. The van der Waals surface area contributed by atoms with E-state index < -0.39 is 11.4 Å². The smallest absolute Gasteiger partial charge is 0.339 e. The second-order valence-electron chi connectivity index (χ2n) is 4.52. The zero-order valence-corrected chi connectivity index (χ0v) is 10.7. The van der Waals surface area contributed by atoms with E-state index in [0.29, 0.717) is 6.54 Å². The molecule has 1 aromatic rings. The molecule has 0 saturated carbocycles. The Kier molecular flexibility index (Phi) is 4.25. The number of anilines is 1. The number of carbonyl (C=O) groups excluding carboxylic acids is 1. The van der Waals surface area contributed by atoms with Crippen molar-refractivity contribution in [3.05, 3.63) is 23.9 Å². The van der Waals surface area contributed by atoms with Crippen LogP contribution < -0.4 is 10.6 Å². The van der Waals surface area contributed by atoms with Gasteiger partial charge in [-0.15, -0.1) is 0 Å². The Hall–Kier alpha value is -2.11. The molecule has 0 saturated heterocycles. The Morgan fingerprint density at radius 3 is 2.67 bits per heavy atom. The molecule has 0 aliphatic carbocycles. The average molecular weight is 251 g/mol. The number of hydrogen-bond acceptors (Lipinski definition) is 4. The van der Waals surface area contributed by atoms with Crippen LogP contribution in [0.5, 0.6) is 0 Å². The van der Waals surface area contributed by atoms with E-state index in [1.54, 1.807) is 27.0 Å². The van der Waals surface area contributed by atoms with Crippen LogP contribution in [0.15, 0.2) is 18.3 Å². The number of pyridine rings is 1. The number of aromatic nitrogens is 1. The summed E-state index contributed by atoms with van der Waals surface area (Å²) in [4.78, 5) is 26.5. The number of amides is 1. The SMILES string of the molecule is CNC(=O)C(C)(C)CNc1ncccc1C(=O)O. The molecule has 6 heteroatoms. The molecular weight excluding hydrogens is 234 g/mol. The molecule has 0 aliphatic rings. The minimum absolute atomic E-state index is 0.0882. The van der Waals surface area contributed by atoms with Crippen molar-refractivity contribution in [2.75, 3.05) is 18.9 Å². The summed E-state index contributed by atoms with van der Waals surface area (Å²) >= 11 is 0. The summed E-state index contributed by atoms with van der Waals surface area (Å²) in [5.74, 6) is -0.909. The van der Waals surface area contributed by atoms with Gasteiger partial charge in [0.25, 0.3) is 0 Å². The van der Waals surface area contributed by atoms with Gasteiger partial charge >= 0.3 is 5.97 Å². The van der Waals surface area contributed by atoms with Crippen molar-refractivity contribution in [2.45, 2.75) is 13.8 Å². The molecule has 0 atom stereocenters. The van der Waals surface area contributed by atoms with E-state index >= 15 is 0 Å². The zero-order chi connectivity index (χ0) is 13.8. The van der Waals surface area contributed by atoms with Crippen LogP contribution in [0.3, 0.4) is 0 Å². The van der Waals surface area contributed by atoms with E-state index in [2.05, 4.69) is 15.6 Å². The first-order valence-electron chi connectivity index (χ1n) is 5.53. The molecule has 0 aromatic carbocycles. The Bertz CT molecular complexity index is 458. The highest BCUT2D eigenvalue weighted by atomic mass is 16.4. The van der Waals surface area contributed by atoms with Gasteiger partial charge in [-0.05, 0) is 26.0 Å². The van der Waals surface area contributed by atoms with Gasteiger partial charge in [0.15, 0.2) is 0 Å². The van der Waals surface area contributed by atoms with E-state index in [9.17, 15) is 9.59 Å². The molecule has 0 aliphatic heterocycles. The van der Waals surface area contributed by atoms with Crippen molar-refractivity contribution in [1.29, 1.82) is 0 Å². The van der Waals surface area contributed by atoms with Crippen LogP contribution in [-0.2, 0) is 4.79 Å². The number of rotatable bonds is 5. The highest BCUT2D eigenvalue weighted by Crippen LogP contribution is 2.18. The van der Waals surface area contributed by atoms with Gasteiger partial charge < -0.3 is 15.7 Å². The summed E-state index contributed by atoms with van der Waals surface area (Å²) in [5.41, 5.74) is -0.563. The minimum Gasteiger partial charge on any atom is -0.478 e. The van der Waals surface area contributed by atoms with Crippen LogP contribution in [0.1, 0.15) is 24.2 Å². The lowest BCUT2D eigenvalue weighted by atomic mass is 9.92. The number of carboxylic acid groups (broad SMARTS) is 1. The third kappa shape index (κ3) is 3.19. The largest absolute Gasteiger partial charge is 0.478 e. The number of hydrogen-bond donors (Lipinski definition) is 3. The maximum absolute atomic E-state index is 11.6. The Labute approximate surface area is 105 Å². The first kappa shape index (κ1) is 14.0. The molecule has 0 fully saturated rings. The van der Waals surface area contributed by atoms with E-state index in [4.69, 9.17) is 5.11 Å². The van der Waals surface area contributed by atoms with E-state index in [-0.39, 0.29) is 17.3 Å². The summed E-state index contributed by atoms with van der Waals surface area (Å²) in [5, 5.41) is 14.5. The number of nitrogens with one attached hydrogen (secondary N) is 2. The second kappa shape index (κ2) is 5.48. The first-order valence-corrected chi connectivity index (χ1v) is 5.53. The summed E-state index contributed by atoms with van der Waals surface area (Å²) < 4.78 is 0. The van der Waals surface area contributed by atoms with Gasteiger partial charge in [0, 0.05) is 19.8 Å². The quantitative estimate of drug-likeness (QED) is 0.725. The van der Waals surface area contributed by atoms with Gasteiger partial charge in [0.2, 0.25) is 5.91 Å². The molecule has 98 valence electrons. The lowest BCUT2D eigenvalue weighted by Crippen LogP contribution is -2.39. The lowest BCUT2D eigenvalue weighted by molar-refractivity contribution is -0.128. The highest BCUT2D eigenvalue weighted by molar-refractivity contribution is 5.93. The van der Waals surface area contributed by atoms with Crippen molar-refractivity contribution in [2.24, 2.45) is 5.41 Å². The molecule has 0 unspecified atom stereocenters. The number of carbonyl (C=O) groups is 2. The normalized spacial score (nSPS) is 10.8. The van der Waals surface area contributed by atoms with Crippen molar-refractivity contribution >= 4 is 17.7 Å². The van der Waals surface area contributed by atoms with E-state index in [0.717, 1.165) is 0 Å². The van der Waals surface area contributed by atoms with Crippen molar-refractivity contribution in [3.8, 4) is 0 Å². The van der Waals surface area contributed by atoms with Crippen LogP contribution >= 0.6 is 0 Å². The Balaban J connectivity index is 2.81. The maximum Gasteiger partial charge on any atom is 0.339 e. The summed E-state index contributed by atoms with van der Waals surface area (Å²) in [7, 11) is 1.56. The molecule has 0 spiro atoms. The Morgan fingerprint density at radius 1 is 1.44 bits per heavy atom. The highest BCUT2D eigenvalue weighted by Gasteiger charge is 2.27. The van der Waals surface area contributed by atoms with Crippen molar-refractivity contribution in [3.63, 3.8) is 0 Å². The summed E-state index contributed by atoms with van der Waals surface area (Å²) in [6.07, 6.45) is 1.50. The van der Waals surface area contributed by atoms with Gasteiger partial charge in [-0.2, -0.15) is 0 Å². The lowest BCUT2D eigenvalue weighted by Gasteiger charge is -2.23. The van der Waals surface area contributed by atoms with Gasteiger partial charge in [-0.1, -0.05) is 0 Å². The van der Waals surface area contributed by atoms with Crippen LogP contribution in [0.25, 0.3) is 0 Å². The van der Waals surface area contributed by atoms with E-state index in [1.165, 1.54) is 12.3 Å². The zero-order valence-electron chi connectivity index (χ0n) is 10.7. The summed E-state index contributed by atoms with van der Waals surface area (Å²) in [6.45, 7) is 3.83. The number of nitrogens with zero attached hydrogens (tertiary/aromatic N) is 1. The molecule has 1 rings (SSSR count). The Morgan fingerprint density at radius 2 is 2.11 bits per heavy atom. The predicted octanol–water partition coefficient (Wildman–Crippen LogP) is 0.964. The van der Waals surface area contributed by atoms with Crippen molar-refractivity contribution < 1.29 is 14.7 Å². The number of aromatic carboxylic acids is 1. The summed E-state index contributed by atoms with van der Waals surface area (Å²) in [6, 6.07) is 3.02. The standard InChI is InChI=1S/C12H17N3O3/c1-12(2,11(18)13-3)7-15-9-8(10(16)17)5-4-6-14-9/h4-6H,7H2,1-3H3,(H,13,18)(H,14,15)(H,16,17). The van der Waals surface area contributed by atoms with Crippen LogP contribution in [0.2, 0.25) is 0 Å².